The maximum Gasteiger partial charge on any atom is 0.356 e. The number of hydrogen-bond acceptors (Lipinski definition) is 7. The molecule has 5 atom stereocenters. The van der Waals surface area contributed by atoms with Gasteiger partial charge in [0.05, 0.1) is 37.9 Å². The van der Waals surface area contributed by atoms with E-state index in [1.165, 1.54) is 0 Å². The third-order valence-electron chi connectivity index (χ3n) is 13.4. The minimum atomic E-state index is -3.18. The second-order valence-electron chi connectivity index (χ2n) is 19.3. The normalized spacial score (nSPS) is 19.6. The van der Waals surface area contributed by atoms with Gasteiger partial charge in [0.25, 0.3) is 0 Å². The summed E-state index contributed by atoms with van der Waals surface area (Å²) in [7, 11) is -2.97. The average Bonchev–Trinajstić information content (AvgIpc) is 4.05. The van der Waals surface area contributed by atoms with Crippen LogP contribution in [0, 0.1) is 11.8 Å². The highest BCUT2D eigenvalue weighted by atomic mass is 31.2. The zero-order valence-corrected chi connectivity index (χ0v) is 40.6. The van der Waals surface area contributed by atoms with Crippen LogP contribution in [0.2, 0.25) is 36.3 Å². The second-order valence-corrected chi connectivity index (χ2v) is 32.2. The lowest BCUT2D eigenvalue weighted by Gasteiger charge is -2.55. The van der Waals surface area contributed by atoms with Crippen molar-refractivity contribution in [1.29, 1.82) is 0 Å². The molecule has 0 N–H and O–H groups in total. The van der Waals surface area contributed by atoms with E-state index in [9.17, 15) is 0 Å². The topological polar surface area (TPSA) is 86.8 Å². The highest BCUT2D eigenvalue weighted by Crippen LogP contribution is 2.52. The first-order valence-electron chi connectivity index (χ1n) is 21.2. The maximum atomic E-state index is 15.7. The predicted octanol–water partition coefficient (Wildman–Crippen LogP) is 9.14. The van der Waals surface area contributed by atoms with Crippen LogP contribution in [-0.2, 0) is 34.5 Å². The summed E-state index contributed by atoms with van der Waals surface area (Å²) in [6, 6.07) is 37.6. The van der Waals surface area contributed by atoms with E-state index in [1.54, 1.807) is 7.11 Å². The molecule has 0 spiro atoms. The number of esters is 1. The fourth-order valence-electron chi connectivity index (χ4n) is 7.78. The monoisotopic (exact) mass is 867 g/mol. The Balaban J connectivity index is 1.65. The van der Waals surface area contributed by atoms with Crippen molar-refractivity contribution in [2.24, 2.45) is 11.8 Å². The van der Waals surface area contributed by atoms with Crippen molar-refractivity contribution in [1.82, 2.24) is 4.90 Å². The van der Waals surface area contributed by atoms with Gasteiger partial charge in [0, 0.05) is 19.4 Å². The van der Waals surface area contributed by atoms with Crippen LogP contribution in [0.1, 0.15) is 54.0 Å². The number of likely N-dealkylation sites (tertiary alicyclic amines) is 1. The van der Waals surface area contributed by atoms with E-state index in [0.717, 1.165) is 21.5 Å². The van der Waals surface area contributed by atoms with Gasteiger partial charge in [-0.25, -0.2) is 4.79 Å². The maximum absolute atomic E-state index is 15.7. The molecule has 2 aliphatic heterocycles. The molecular formula is C49H66NO7PSi2. The standard InChI is InChI=1S/C49H66NO7PSi2/c1-35(57-60(11,12)49(5,6)7)43-44(41(42-34-54-42)33-56-59(9,10)48(2,3)4)50(45(43)51)46(47(52)55-32-36-28-30-37(53-8)31-29-36)58(38-22-16-13-17-23-38,39-24-18-14-19-25-39)40-26-20-15-21-27-40/h13-31,35,41-44H,32-34H2,1-12H3/t35-,41-,42-,43-,44-/m1/s1. The second kappa shape index (κ2) is 17.9. The molecule has 1 amide bonds. The molecule has 0 radical (unpaired) electrons. The fraction of sp³-hybridized carbons (Fsp3) is 0.449. The minimum Gasteiger partial charge on any atom is -0.497 e. The van der Waals surface area contributed by atoms with Gasteiger partial charge in [-0.3, -0.25) is 4.79 Å². The van der Waals surface area contributed by atoms with Gasteiger partial charge in [-0.05, 0) is 76.8 Å². The van der Waals surface area contributed by atoms with E-state index in [-0.39, 0.29) is 34.6 Å². The molecule has 0 saturated carbocycles. The first-order valence-corrected chi connectivity index (χ1v) is 28.8. The average molecular weight is 868 g/mol. The van der Waals surface area contributed by atoms with E-state index in [0.29, 0.717) is 24.4 Å². The van der Waals surface area contributed by atoms with Gasteiger partial charge in [0.15, 0.2) is 16.6 Å². The Bertz CT molecular complexity index is 2040. The van der Waals surface area contributed by atoms with Crippen molar-refractivity contribution >= 4 is 56.7 Å². The number of rotatable bonds is 16. The number of β-lactam (4-membered cyclic amide) rings is 1. The Hall–Kier alpha value is -3.77. The van der Waals surface area contributed by atoms with Gasteiger partial charge in [0.1, 0.15) is 17.8 Å². The number of amides is 1. The quantitative estimate of drug-likeness (QED) is 0.0365. The summed E-state index contributed by atoms with van der Waals surface area (Å²) in [5.74, 6) is -0.758. The molecule has 4 aromatic carbocycles. The van der Waals surface area contributed by atoms with Gasteiger partial charge in [0.2, 0.25) is 5.91 Å². The zero-order chi connectivity index (χ0) is 43.7. The molecule has 322 valence electrons. The molecule has 2 aliphatic rings. The molecule has 2 saturated heterocycles. The van der Waals surface area contributed by atoms with Crippen molar-refractivity contribution in [2.75, 3.05) is 20.3 Å². The van der Waals surface area contributed by atoms with E-state index in [2.05, 4.69) is 104 Å². The lowest BCUT2D eigenvalue weighted by Crippen LogP contribution is -2.72. The van der Waals surface area contributed by atoms with Crippen LogP contribution in [0.4, 0.5) is 0 Å². The number of epoxide rings is 1. The van der Waals surface area contributed by atoms with Gasteiger partial charge in [-0.15, -0.1) is 0 Å². The lowest BCUT2D eigenvalue weighted by molar-refractivity contribution is -0.162. The smallest absolute Gasteiger partial charge is 0.356 e. The summed E-state index contributed by atoms with van der Waals surface area (Å²) in [4.78, 5) is 33.2. The van der Waals surface area contributed by atoms with Crippen LogP contribution < -0.4 is 20.7 Å². The molecule has 2 fully saturated rings. The summed E-state index contributed by atoms with van der Waals surface area (Å²) in [6.45, 7) is 22.2. The third-order valence-corrected chi connectivity index (χ3v) is 26.7. The Morgan fingerprint density at radius 2 is 1.23 bits per heavy atom. The molecule has 60 heavy (non-hydrogen) atoms. The Morgan fingerprint density at radius 3 is 1.65 bits per heavy atom. The van der Waals surface area contributed by atoms with Gasteiger partial charge < -0.3 is 28.0 Å². The number of carbonyl (C=O) groups excluding carboxylic acids is 2. The summed E-state index contributed by atoms with van der Waals surface area (Å²) in [5.41, 5.74) is 1.16. The predicted molar refractivity (Wildman–Crippen MR) is 251 cm³/mol. The molecule has 0 unspecified atom stereocenters. The minimum absolute atomic E-state index is 0.00928. The van der Waals surface area contributed by atoms with Crippen molar-refractivity contribution < 1.29 is 32.7 Å². The van der Waals surface area contributed by atoms with Crippen LogP contribution in [0.15, 0.2) is 115 Å². The number of carbonyl (C=O) groups is 2. The fourth-order valence-corrected chi connectivity index (χ4v) is 14.6. The van der Waals surface area contributed by atoms with E-state index >= 15 is 9.59 Å². The first-order chi connectivity index (χ1) is 28.2. The van der Waals surface area contributed by atoms with Crippen molar-refractivity contribution in [3.05, 3.63) is 121 Å². The molecule has 6 rings (SSSR count). The highest BCUT2D eigenvalue weighted by Gasteiger charge is 2.62. The SMILES string of the molecule is COc1ccc(COC(=O)C(N2C(=O)[C@H]([C@@H](C)O[Si](C)(C)C(C)(C)C)[C@H]2[C@H](CO[Si](C)(C)C(C)(C)C)[C@H]2CO2)=P(c2ccccc2)(c2ccccc2)c2ccccc2)cc1. The van der Waals surface area contributed by atoms with Crippen molar-refractivity contribution in [2.45, 2.75) is 110 Å². The summed E-state index contributed by atoms with van der Waals surface area (Å²) >= 11 is 0. The van der Waals surface area contributed by atoms with Gasteiger partial charge >= 0.3 is 5.97 Å². The third kappa shape index (κ3) is 9.20. The van der Waals surface area contributed by atoms with E-state index < -0.39 is 47.6 Å². The van der Waals surface area contributed by atoms with Crippen LogP contribution in [0.5, 0.6) is 5.75 Å². The number of benzene rings is 4. The van der Waals surface area contributed by atoms with Crippen molar-refractivity contribution in [3.8, 4) is 5.75 Å². The van der Waals surface area contributed by atoms with Crippen LogP contribution >= 0.6 is 6.89 Å². The molecule has 0 aromatic heterocycles. The Morgan fingerprint density at radius 1 is 0.767 bits per heavy atom. The molecule has 2 heterocycles. The molecule has 11 heteroatoms. The molecule has 0 bridgehead atoms. The van der Waals surface area contributed by atoms with Gasteiger partial charge in [-0.1, -0.05) is 145 Å². The molecule has 4 aromatic rings. The molecular weight excluding hydrogens is 802 g/mol. The number of nitrogens with zero attached hydrogens (tertiary/aromatic N) is 1. The van der Waals surface area contributed by atoms with Crippen LogP contribution in [0.25, 0.3) is 0 Å². The van der Waals surface area contributed by atoms with Crippen molar-refractivity contribution in [3.63, 3.8) is 0 Å². The highest BCUT2D eigenvalue weighted by molar-refractivity contribution is 7.96. The van der Waals surface area contributed by atoms with E-state index in [4.69, 9.17) is 23.1 Å². The molecule has 8 nitrogen and oxygen atoms in total. The summed E-state index contributed by atoms with van der Waals surface area (Å²) in [5, 5.41) is 2.71. The largest absolute Gasteiger partial charge is 0.497 e. The lowest BCUT2D eigenvalue weighted by atomic mass is 9.75. The molecule has 0 aliphatic carbocycles. The number of ether oxygens (including phenoxy) is 3. The Kier molecular flexibility index (Phi) is 13.7. The summed E-state index contributed by atoms with van der Waals surface area (Å²) in [6.07, 6.45) is -0.573. The number of hydrogen-bond donors (Lipinski definition) is 0. The Labute approximate surface area is 361 Å². The summed E-state index contributed by atoms with van der Waals surface area (Å²) < 4.78 is 32.2. The number of methoxy groups -OCH3 is 1. The van der Waals surface area contributed by atoms with Crippen LogP contribution in [-0.4, -0.2) is 77.4 Å². The van der Waals surface area contributed by atoms with Gasteiger partial charge in [-0.2, -0.15) is 0 Å². The van der Waals surface area contributed by atoms with Crippen LogP contribution in [0.3, 0.4) is 0 Å². The zero-order valence-electron chi connectivity index (χ0n) is 37.7. The van der Waals surface area contributed by atoms with E-state index in [1.807, 2.05) is 90.7 Å². The first kappa shape index (κ1) is 45.8.